The first-order valence-corrected chi connectivity index (χ1v) is 10.9. The molecule has 8 heteroatoms. The minimum Gasteiger partial charge on any atom is -0.507 e. The predicted octanol–water partition coefficient (Wildman–Crippen LogP) is 3.33. The van der Waals surface area contributed by atoms with E-state index in [4.69, 9.17) is 0 Å². The Morgan fingerprint density at radius 2 is 1.41 bits per heavy atom. The molecule has 27 heavy (non-hydrogen) atoms. The van der Waals surface area contributed by atoms with Crippen LogP contribution < -0.4 is 4.72 Å². The van der Waals surface area contributed by atoms with Crippen molar-refractivity contribution in [3.05, 3.63) is 78.4 Å². The lowest BCUT2D eigenvalue weighted by Crippen LogP contribution is -2.13. The van der Waals surface area contributed by atoms with E-state index in [1.165, 1.54) is 30.3 Å². The van der Waals surface area contributed by atoms with Crippen LogP contribution in [0, 0.1) is 6.92 Å². The molecule has 3 aromatic rings. The Hall–Kier alpha value is -2.84. The van der Waals surface area contributed by atoms with Crippen LogP contribution in [0.15, 0.2) is 87.5 Å². The summed E-state index contributed by atoms with van der Waals surface area (Å²) in [5.74, 6) is -0.461. The van der Waals surface area contributed by atoms with E-state index in [-0.39, 0.29) is 20.4 Å². The van der Waals surface area contributed by atoms with Gasteiger partial charge in [0.1, 0.15) is 10.6 Å². The van der Waals surface area contributed by atoms with Crippen LogP contribution in [0.2, 0.25) is 0 Å². The maximum Gasteiger partial charge on any atom is 0.261 e. The number of rotatable bonds is 5. The Labute approximate surface area is 158 Å². The summed E-state index contributed by atoms with van der Waals surface area (Å²) in [6.07, 6.45) is 0. The highest BCUT2D eigenvalue weighted by atomic mass is 32.2. The highest BCUT2D eigenvalue weighted by Crippen LogP contribution is 2.31. The minimum absolute atomic E-state index is 0.00107. The van der Waals surface area contributed by atoms with Crippen LogP contribution in [-0.2, 0) is 19.9 Å². The number of anilines is 1. The normalized spacial score (nSPS) is 11.9. The summed E-state index contributed by atoms with van der Waals surface area (Å²) in [4.78, 5) is -0.328. The number of phenolic OH excluding ortho intramolecular Hbond substituents is 1. The molecule has 0 heterocycles. The Balaban J connectivity index is 2.00. The molecule has 0 saturated carbocycles. The molecule has 2 N–H and O–H groups in total. The standard InChI is InChI=1S/C19H17NO5S2/c1-14-7-10-17(11-8-14)27(24,25)20-15-9-12-18(21)19(13-15)26(22,23)16-5-3-2-4-6-16/h2-13,20-21H,1H3. The number of aryl methyl sites for hydroxylation is 1. The van der Waals surface area contributed by atoms with Gasteiger partial charge in [-0.25, -0.2) is 16.8 Å². The second-order valence-corrected chi connectivity index (χ2v) is 9.52. The third kappa shape index (κ3) is 3.96. The number of sulfone groups is 1. The molecule has 0 unspecified atom stereocenters. The van der Waals surface area contributed by atoms with Gasteiger partial charge in [0.2, 0.25) is 9.84 Å². The number of hydrogen-bond acceptors (Lipinski definition) is 5. The number of hydrogen-bond donors (Lipinski definition) is 2. The lowest BCUT2D eigenvalue weighted by molar-refractivity contribution is 0.459. The molecule has 0 aliphatic rings. The molecule has 0 saturated heterocycles. The second-order valence-electron chi connectivity index (χ2n) is 5.92. The number of benzene rings is 3. The van der Waals surface area contributed by atoms with E-state index < -0.39 is 25.6 Å². The van der Waals surface area contributed by atoms with Crippen LogP contribution in [0.4, 0.5) is 5.69 Å². The molecule has 0 bridgehead atoms. The second kappa shape index (κ2) is 7.05. The molecule has 3 rings (SSSR count). The quantitative estimate of drug-likeness (QED) is 0.637. The molecule has 0 atom stereocenters. The zero-order valence-corrected chi connectivity index (χ0v) is 16.0. The fraction of sp³-hybridized carbons (Fsp3) is 0.0526. The summed E-state index contributed by atoms with van der Waals surface area (Å²) in [7, 11) is -7.90. The van der Waals surface area contributed by atoms with Crippen LogP contribution in [0.1, 0.15) is 5.56 Å². The molecule has 0 fully saturated rings. The molecule has 0 amide bonds. The van der Waals surface area contributed by atoms with Gasteiger partial charge in [0.25, 0.3) is 10.0 Å². The zero-order valence-electron chi connectivity index (χ0n) is 14.3. The van der Waals surface area contributed by atoms with Crippen molar-refractivity contribution in [2.24, 2.45) is 0 Å². The SMILES string of the molecule is Cc1ccc(S(=O)(=O)Nc2ccc(O)c(S(=O)(=O)c3ccccc3)c2)cc1. The van der Waals surface area contributed by atoms with Gasteiger partial charge in [-0.05, 0) is 49.4 Å². The first-order valence-electron chi connectivity index (χ1n) is 7.93. The minimum atomic E-state index is -4.00. The highest BCUT2D eigenvalue weighted by Gasteiger charge is 2.23. The van der Waals surface area contributed by atoms with Crippen LogP contribution in [-0.4, -0.2) is 21.9 Å². The summed E-state index contributed by atoms with van der Waals surface area (Å²) < 4.78 is 52.8. The molecular formula is C19H17NO5S2. The molecule has 0 radical (unpaired) electrons. The van der Waals surface area contributed by atoms with Gasteiger partial charge in [-0.15, -0.1) is 0 Å². The first kappa shape index (κ1) is 18.9. The van der Waals surface area contributed by atoms with Gasteiger partial charge in [0.15, 0.2) is 0 Å². The van der Waals surface area contributed by atoms with Gasteiger partial charge in [-0.2, -0.15) is 0 Å². The fourth-order valence-electron chi connectivity index (χ4n) is 2.45. The molecule has 0 spiro atoms. The summed E-state index contributed by atoms with van der Waals surface area (Å²) in [5, 5.41) is 10.0. The van der Waals surface area contributed by atoms with Crippen LogP contribution in [0.5, 0.6) is 5.75 Å². The van der Waals surface area contributed by atoms with E-state index in [9.17, 15) is 21.9 Å². The topological polar surface area (TPSA) is 101 Å². The van der Waals surface area contributed by atoms with Gasteiger partial charge in [-0.1, -0.05) is 35.9 Å². The Morgan fingerprint density at radius 1 is 0.778 bits per heavy atom. The van der Waals surface area contributed by atoms with Crippen molar-refractivity contribution >= 4 is 25.5 Å². The number of nitrogens with one attached hydrogen (secondary N) is 1. The predicted molar refractivity (Wildman–Crippen MR) is 102 cm³/mol. The molecule has 3 aromatic carbocycles. The molecular weight excluding hydrogens is 386 g/mol. The lowest BCUT2D eigenvalue weighted by Gasteiger charge is -2.12. The van der Waals surface area contributed by atoms with Gasteiger partial charge in [-0.3, -0.25) is 4.72 Å². The molecule has 6 nitrogen and oxygen atoms in total. The first-order chi connectivity index (χ1) is 12.7. The van der Waals surface area contributed by atoms with Crippen molar-refractivity contribution in [1.82, 2.24) is 0 Å². The average molecular weight is 403 g/mol. The maximum absolute atomic E-state index is 12.7. The smallest absolute Gasteiger partial charge is 0.261 e. The zero-order chi connectivity index (χ0) is 19.7. The van der Waals surface area contributed by atoms with Gasteiger partial charge in [0.05, 0.1) is 15.5 Å². The summed E-state index contributed by atoms with van der Waals surface area (Å²) in [6, 6.07) is 17.4. The number of phenols is 1. The van der Waals surface area contributed by atoms with Crippen molar-refractivity contribution in [3.8, 4) is 5.75 Å². The van der Waals surface area contributed by atoms with Crippen LogP contribution in [0.25, 0.3) is 0 Å². The van der Waals surface area contributed by atoms with Gasteiger partial charge >= 0.3 is 0 Å². The van der Waals surface area contributed by atoms with E-state index in [1.807, 2.05) is 6.92 Å². The van der Waals surface area contributed by atoms with Crippen LogP contribution >= 0.6 is 0 Å². The summed E-state index contributed by atoms with van der Waals surface area (Å²) in [6.45, 7) is 1.84. The van der Waals surface area contributed by atoms with E-state index in [0.29, 0.717) is 0 Å². The van der Waals surface area contributed by atoms with Crippen LogP contribution in [0.3, 0.4) is 0 Å². The van der Waals surface area contributed by atoms with Gasteiger partial charge < -0.3 is 5.11 Å². The molecule has 0 aliphatic heterocycles. The third-order valence-corrected chi connectivity index (χ3v) is 7.08. The number of sulfonamides is 1. The largest absolute Gasteiger partial charge is 0.507 e. The summed E-state index contributed by atoms with van der Waals surface area (Å²) in [5.41, 5.74) is 0.942. The molecule has 0 aliphatic carbocycles. The van der Waals surface area contributed by atoms with E-state index in [0.717, 1.165) is 17.7 Å². The lowest BCUT2D eigenvalue weighted by atomic mass is 10.2. The van der Waals surface area contributed by atoms with Crippen molar-refractivity contribution in [1.29, 1.82) is 0 Å². The van der Waals surface area contributed by atoms with E-state index in [2.05, 4.69) is 4.72 Å². The Bertz CT molecular complexity index is 1170. The Morgan fingerprint density at radius 3 is 2.04 bits per heavy atom. The van der Waals surface area contributed by atoms with Crippen molar-refractivity contribution in [2.75, 3.05) is 4.72 Å². The fourth-order valence-corrected chi connectivity index (χ4v) is 4.90. The van der Waals surface area contributed by atoms with E-state index in [1.54, 1.807) is 30.3 Å². The Kier molecular flexibility index (Phi) is 4.95. The highest BCUT2D eigenvalue weighted by molar-refractivity contribution is 7.92. The van der Waals surface area contributed by atoms with Crippen molar-refractivity contribution < 1.29 is 21.9 Å². The van der Waals surface area contributed by atoms with Crippen molar-refractivity contribution in [2.45, 2.75) is 21.6 Å². The molecule has 0 aromatic heterocycles. The van der Waals surface area contributed by atoms with Gasteiger partial charge in [0, 0.05) is 0 Å². The average Bonchev–Trinajstić information content (AvgIpc) is 2.64. The van der Waals surface area contributed by atoms with Crippen molar-refractivity contribution in [3.63, 3.8) is 0 Å². The third-order valence-electron chi connectivity index (χ3n) is 3.89. The maximum atomic E-state index is 12.7. The molecule has 140 valence electrons. The van der Waals surface area contributed by atoms with E-state index >= 15 is 0 Å². The monoisotopic (exact) mass is 403 g/mol. The summed E-state index contributed by atoms with van der Waals surface area (Å²) >= 11 is 0. The number of aromatic hydroxyl groups is 1.